The number of hydrogen-bond donors (Lipinski definition) is 0. The fraction of sp³-hybridized carbons (Fsp3) is 0.526. The van der Waals surface area contributed by atoms with Crippen LogP contribution in [-0.4, -0.2) is 0 Å². The Balaban J connectivity index is 1.89. The quantitative estimate of drug-likeness (QED) is 0.701. The monoisotopic (exact) mass is 265 g/mol. The van der Waals surface area contributed by atoms with Crippen LogP contribution < -0.4 is 0 Å². The van der Waals surface area contributed by atoms with E-state index < -0.39 is 0 Å². The lowest BCUT2D eigenvalue weighted by Crippen LogP contribution is -2.13. The smallest absolute Gasteiger partial charge is 0.152 e. The number of nitrogens with zero attached hydrogens (tertiary/aromatic N) is 1. The molecule has 1 fully saturated rings. The predicted molar refractivity (Wildman–Crippen MR) is 83.2 cm³/mol. The highest BCUT2D eigenvalue weighted by Gasteiger charge is 2.21. The molecule has 1 nitrogen and oxygen atoms in total. The van der Waals surface area contributed by atoms with Crippen molar-refractivity contribution in [1.29, 1.82) is 5.26 Å². The summed E-state index contributed by atoms with van der Waals surface area (Å²) in [6, 6.07) is 10.3. The Labute approximate surface area is 123 Å². The van der Waals surface area contributed by atoms with Crippen molar-refractivity contribution in [2.45, 2.75) is 57.8 Å². The zero-order chi connectivity index (χ0) is 14.2. The van der Waals surface area contributed by atoms with Gasteiger partial charge in [-0.1, -0.05) is 44.2 Å². The van der Waals surface area contributed by atoms with Gasteiger partial charge in [0.25, 0.3) is 0 Å². The first-order chi connectivity index (χ1) is 9.83. The maximum atomic E-state index is 8.45. The van der Waals surface area contributed by atoms with Crippen molar-refractivity contribution >= 4 is 0 Å². The molecular weight excluding hydrogens is 242 g/mol. The second kappa shape index (κ2) is 7.76. The van der Waals surface area contributed by atoms with Gasteiger partial charge in [0.05, 0.1) is 0 Å². The largest absolute Gasteiger partial charge is 0.183 e. The molecular formula is C19H23N. The second-order valence-corrected chi connectivity index (χ2v) is 5.84. The normalized spacial score (nSPS) is 21.6. The van der Waals surface area contributed by atoms with Gasteiger partial charge in [0.2, 0.25) is 0 Å². The number of nitriles is 1. The van der Waals surface area contributed by atoms with Crippen LogP contribution in [0.2, 0.25) is 0 Å². The second-order valence-electron chi connectivity index (χ2n) is 5.84. The molecule has 0 amide bonds. The first-order valence-corrected chi connectivity index (χ1v) is 7.83. The molecule has 0 atom stereocenters. The van der Waals surface area contributed by atoms with E-state index in [2.05, 4.69) is 30.9 Å². The molecule has 104 valence electrons. The lowest BCUT2D eigenvalue weighted by molar-refractivity contribution is 0.304. The van der Waals surface area contributed by atoms with Gasteiger partial charge in [0.15, 0.2) is 6.07 Å². The zero-order valence-electron chi connectivity index (χ0n) is 12.4. The molecule has 1 aliphatic rings. The molecule has 1 aromatic carbocycles. The Morgan fingerprint density at radius 2 is 1.80 bits per heavy atom. The summed E-state index contributed by atoms with van der Waals surface area (Å²) in [7, 11) is 0. The molecule has 0 saturated heterocycles. The van der Waals surface area contributed by atoms with E-state index in [9.17, 15) is 0 Å². The van der Waals surface area contributed by atoms with E-state index in [-0.39, 0.29) is 0 Å². The Morgan fingerprint density at radius 3 is 2.40 bits per heavy atom. The van der Waals surface area contributed by atoms with Gasteiger partial charge in [-0.05, 0) is 55.2 Å². The van der Waals surface area contributed by atoms with E-state index in [1.165, 1.54) is 50.5 Å². The molecule has 0 unspecified atom stereocenters. The highest BCUT2D eigenvalue weighted by atomic mass is 14.3. The molecule has 0 heterocycles. The predicted octanol–water partition coefficient (Wildman–Crippen LogP) is 5.03. The summed E-state index contributed by atoms with van der Waals surface area (Å²) < 4.78 is 0. The number of hydrogen-bond acceptors (Lipinski definition) is 1. The van der Waals surface area contributed by atoms with E-state index in [0.717, 1.165) is 17.4 Å². The van der Waals surface area contributed by atoms with Crippen LogP contribution in [0.25, 0.3) is 0 Å². The highest BCUT2D eigenvalue weighted by Crippen LogP contribution is 2.37. The van der Waals surface area contributed by atoms with Gasteiger partial charge in [0.1, 0.15) is 0 Å². The molecule has 0 radical (unpaired) electrons. The fourth-order valence-electron chi connectivity index (χ4n) is 3.22. The lowest BCUT2D eigenvalue weighted by atomic mass is 9.77. The first-order valence-electron chi connectivity index (χ1n) is 7.83. The SMILES string of the molecule is CCCCC1CCC(c2ccc(C#CC#N)cc2)CC1. The molecule has 1 aliphatic carbocycles. The van der Waals surface area contributed by atoms with Crippen molar-refractivity contribution in [2.24, 2.45) is 5.92 Å². The zero-order valence-corrected chi connectivity index (χ0v) is 12.4. The number of benzene rings is 1. The van der Waals surface area contributed by atoms with Crippen molar-refractivity contribution in [3.05, 3.63) is 35.4 Å². The molecule has 0 aliphatic heterocycles. The summed E-state index contributed by atoms with van der Waals surface area (Å²) in [6.45, 7) is 2.28. The minimum atomic E-state index is 0.728. The van der Waals surface area contributed by atoms with Gasteiger partial charge in [0, 0.05) is 11.5 Å². The van der Waals surface area contributed by atoms with Crippen LogP contribution in [0.1, 0.15) is 68.9 Å². The van der Waals surface area contributed by atoms with Gasteiger partial charge < -0.3 is 0 Å². The van der Waals surface area contributed by atoms with Crippen LogP contribution in [0, 0.1) is 29.1 Å². The Kier molecular flexibility index (Phi) is 5.69. The van der Waals surface area contributed by atoms with Crippen LogP contribution in [0.15, 0.2) is 24.3 Å². The molecule has 20 heavy (non-hydrogen) atoms. The van der Waals surface area contributed by atoms with Crippen LogP contribution in [-0.2, 0) is 0 Å². The van der Waals surface area contributed by atoms with Crippen molar-refractivity contribution in [3.8, 4) is 17.9 Å². The molecule has 0 aromatic heterocycles. The van der Waals surface area contributed by atoms with E-state index in [1.807, 2.05) is 18.2 Å². The van der Waals surface area contributed by atoms with E-state index in [0.29, 0.717) is 0 Å². The lowest BCUT2D eigenvalue weighted by Gasteiger charge is -2.28. The summed E-state index contributed by atoms with van der Waals surface area (Å²) in [4.78, 5) is 0. The average molecular weight is 265 g/mol. The molecule has 1 heteroatoms. The maximum Gasteiger partial charge on any atom is 0.152 e. The van der Waals surface area contributed by atoms with Crippen molar-refractivity contribution < 1.29 is 0 Å². The number of rotatable bonds is 4. The molecule has 1 aromatic rings. The summed E-state index contributed by atoms with van der Waals surface area (Å²) in [6.07, 6.45) is 9.58. The van der Waals surface area contributed by atoms with Crippen LogP contribution in [0.4, 0.5) is 0 Å². The van der Waals surface area contributed by atoms with E-state index >= 15 is 0 Å². The van der Waals surface area contributed by atoms with Gasteiger partial charge in [-0.25, -0.2) is 0 Å². The Hall–Kier alpha value is -1.73. The molecule has 0 bridgehead atoms. The fourth-order valence-corrected chi connectivity index (χ4v) is 3.22. The molecule has 0 N–H and O–H groups in total. The van der Waals surface area contributed by atoms with Crippen molar-refractivity contribution in [2.75, 3.05) is 0 Å². The maximum absolute atomic E-state index is 8.45. The first kappa shape index (κ1) is 14.7. The van der Waals surface area contributed by atoms with Crippen molar-refractivity contribution in [3.63, 3.8) is 0 Å². The highest BCUT2D eigenvalue weighted by molar-refractivity contribution is 5.39. The summed E-state index contributed by atoms with van der Waals surface area (Å²) in [5.74, 6) is 6.98. The topological polar surface area (TPSA) is 23.8 Å². The van der Waals surface area contributed by atoms with Gasteiger partial charge in [-0.15, -0.1) is 0 Å². The average Bonchev–Trinajstić information content (AvgIpc) is 2.52. The molecule has 2 rings (SSSR count). The Morgan fingerprint density at radius 1 is 1.10 bits per heavy atom. The third kappa shape index (κ3) is 4.14. The van der Waals surface area contributed by atoms with Crippen molar-refractivity contribution in [1.82, 2.24) is 0 Å². The minimum absolute atomic E-state index is 0.728. The molecule has 1 saturated carbocycles. The molecule has 0 spiro atoms. The van der Waals surface area contributed by atoms with Gasteiger partial charge in [-0.2, -0.15) is 5.26 Å². The van der Waals surface area contributed by atoms with Crippen LogP contribution in [0.5, 0.6) is 0 Å². The standard InChI is InChI=1S/C19H23N/c1-2-3-5-16-7-11-18(12-8-16)19-13-9-17(10-14-19)6-4-15-20/h9-10,13-14,16,18H,2-3,5,7-8,11-12H2,1H3. The van der Waals surface area contributed by atoms with E-state index in [1.54, 1.807) is 0 Å². The third-order valence-electron chi connectivity index (χ3n) is 4.46. The third-order valence-corrected chi connectivity index (χ3v) is 4.46. The van der Waals surface area contributed by atoms with E-state index in [4.69, 9.17) is 5.26 Å². The van der Waals surface area contributed by atoms with Gasteiger partial charge in [-0.3, -0.25) is 0 Å². The van der Waals surface area contributed by atoms with Gasteiger partial charge >= 0.3 is 0 Å². The summed E-state index contributed by atoms with van der Waals surface area (Å²) >= 11 is 0. The summed E-state index contributed by atoms with van der Waals surface area (Å²) in [5, 5.41) is 8.45. The Bertz CT molecular complexity index is 501. The van der Waals surface area contributed by atoms with Crippen LogP contribution in [0.3, 0.4) is 0 Å². The summed E-state index contributed by atoms with van der Waals surface area (Å²) in [5.41, 5.74) is 2.38. The minimum Gasteiger partial charge on any atom is -0.183 e. The number of unbranched alkanes of at least 4 members (excludes halogenated alkanes) is 1. The van der Waals surface area contributed by atoms with Crippen LogP contribution >= 0.6 is 0 Å².